The summed E-state index contributed by atoms with van der Waals surface area (Å²) in [6.45, 7) is 2.48. The third-order valence-electron chi connectivity index (χ3n) is 3.45. The van der Waals surface area contributed by atoms with Gasteiger partial charge in [-0.05, 0) is 30.9 Å². The monoisotopic (exact) mass is 235 g/mol. The van der Waals surface area contributed by atoms with Crippen LogP contribution in [0, 0.1) is 0 Å². The summed E-state index contributed by atoms with van der Waals surface area (Å²) >= 11 is 0. The molecule has 0 radical (unpaired) electrons. The minimum atomic E-state index is 0.0764. The summed E-state index contributed by atoms with van der Waals surface area (Å²) < 4.78 is 1.92. The largest absolute Gasteiger partial charge is 0.345 e. The maximum absolute atomic E-state index is 11.9. The molecule has 4 nitrogen and oxygen atoms in total. The number of aromatic nitrogens is 1. The van der Waals surface area contributed by atoms with Crippen molar-refractivity contribution in [2.75, 3.05) is 7.05 Å². The number of rotatable bonds is 5. The zero-order valence-corrected chi connectivity index (χ0v) is 10.6. The van der Waals surface area contributed by atoms with Crippen molar-refractivity contribution in [1.29, 1.82) is 0 Å². The highest BCUT2D eigenvalue weighted by Crippen LogP contribution is 2.25. The van der Waals surface area contributed by atoms with E-state index in [1.807, 2.05) is 35.0 Å². The predicted octanol–water partition coefficient (Wildman–Crippen LogP) is 1.52. The van der Waals surface area contributed by atoms with E-state index in [2.05, 4.69) is 6.92 Å². The van der Waals surface area contributed by atoms with Crippen LogP contribution < -0.4 is 5.73 Å². The van der Waals surface area contributed by atoms with Crippen LogP contribution in [0.2, 0.25) is 0 Å². The van der Waals surface area contributed by atoms with E-state index in [0.717, 1.165) is 24.8 Å². The lowest BCUT2D eigenvalue weighted by Gasteiger charge is -2.16. The molecule has 1 aliphatic carbocycles. The molecule has 0 spiro atoms. The van der Waals surface area contributed by atoms with Crippen LogP contribution in [0.25, 0.3) is 0 Å². The second-order valence-electron chi connectivity index (χ2n) is 4.87. The van der Waals surface area contributed by atoms with Crippen LogP contribution in [0.4, 0.5) is 0 Å². The normalized spacial score (nSPS) is 16.9. The number of nitrogens with zero attached hydrogens (tertiary/aromatic N) is 2. The molecule has 2 rings (SSSR count). The Morgan fingerprint density at radius 3 is 2.94 bits per heavy atom. The molecule has 1 saturated carbocycles. The summed E-state index contributed by atoms with van der Waals surface area (Å²) in [4.78, 5) is 13.8. The molecule has 1 atom stereocenters. The predicted molar refractivity (Wildman–Crippen MR) is 67.4 cm³/mol. The van der Waals surface area contributed by atoms with Crippen molar-refractivity contribution in [2.24, 2.45) is 5.73 Å². The molecule has 1 aromatic heterocycles. The Hall–Kier alpha value is -1.29. The molecule has 1 fully saturated rings. The first-order valence-electron chi connectivity index (χ1n) is 6.28. The van der Waals surface area contributed by atoms with E-state index >= 15 is 0 Å². The van der Waals surface area contributed by atoms with Crippen molar-refractivity contribution < 1.29 is 4.79 Å². The molecule has 0 aliphatic heterocycles. The molecule has 2 N–H and O–H groups in total. The van der Waals surface area contributed by atoms with Crippen molar-refractivity contribution in [3.63, 3.8) is 0 Å². The summed E-state index contributed by atoms with van der Waals surface area (Å²) in [7, 11) is 1.89. The van der Waals surface area contributed by atoms with Gasteiger partial charge in [0.2, 0.25) is 5.91 Å². The number of hydrogen-bond donors (Lipinski definition) is 1. The van der Waals surface area contributed by atoms with Crippen molar-refractivity contribution in [1.82, 2.24) is 9.47 Å². The molecule has 1 aromatic rings. The number of amides is 1. The second kappa shape index (κ2) is 4.92. The van der Waals surface area contributed by atoms with Gasteiger partial charge in [-0.3, -0.25) is 4.79 Å². The Morgan fingerprint density at radius 1 is 1.65 bits per heavy atom. The van der Waals surface area contributed by atoms with Crippen LogP contribution in [0.3, 0.4) is 0 Å². The van der Waals surface area contributed by atoms with E-state index in [9.17, 15) is 4.79 Å². The topological polar surface area (TPSA) is 51.3 Å². The van der Waals surface area contributed by atoms with E-state index in [-0.39, 0.29) is 11.9 Å². The summed E-state index contributed by atoms with van der Waals surface area (Å²) in [5.74, 6) is 0.180. The Morgan fingerprint density at radius 2 is 2.35 bits per heavy atom. The zero-order valence-electron chi connectivity index (χ0n) is 10.6. The van der Waals surface area contributed by atoms with E-state index in [0.29, 0.717) is 12.6 Å². The van der Waals surface area contributed by atoms with Gasteiger partial charge in [-0.2, -0.15) is 0 Å². The van der Waals surface area contributed by atoms with E-state index in [4.69, 9.17) is 5.73 Å². The minimum absolute atomic E-state index is 0.0764. The lowest BCUT2D eigenvalue weighted by atomic mass is 10.1. The fraction of sp³-hybridized carbons (Fsp3) is 0.615. The highest BCUT2D eigenvalue weighted by Gasteiger charge is 2.29. The number of carbonyl (C=O) groups is 1. The Balaban J connectivity index is 1.94. The van der Waals surface area contributed by atoms with Crippen LogP contribution in [0.1, 0.15) is 37.8 Å². The molecule has 4 heteroatoms. The molecule has 1 heterocycles. The Kier molecular flexibility index (Phi) is 3.52. The smallest absolute Gasteiger partial charge is 0.242 e. The van der Waals surface area contributed by atoms with Gasteiger partial charge in [0.05, 0.1) is 0 Å². The van der Waals surface area contributed by atoms with Gasteiger partial charge in [0, 0.05) is 31.5 Å². The van der Waals surface area contributed by atoms with Crippen molar-refractivity contribution in [3.8, 4) is 0 Å². The molecule has 1 aliphatic rings. The Labute approximate surface area is 102 Å². The van der Waals surface area contributed by atoms with Gasteiger partial charge in [0.1, 0.15) is 6.54 Å². The van der Waals surface area contributed by atoms with E-state index in [1.165, 1.54) is 0 Å². The number of likely N-dealkylation sites (N-methyl/N-ethyl adjacent to an activating group) is 1. The summed E-state index contributed by atoms with van der Waals surface area (Å²) in [6.07, 6.45) is 7.13. The SMILES string of the molecule is CCC(N)c1ccn(CC(=O)N(C)C2CC2)c1. The lowest BCUT2D eigenvalue weighted by Crippen LogP contribution is -2.31. The van der Waals surface area contributed by atoms with Crippen LogP contribution in [0.15, 0.2) is 18.5 Å². The van der Waals surface area contributed by atoms with Gasteiger partial charge in [0.25, 0.3) is 0 Å². The van der Waals surface area contributed by atoms with Crippen LogP contribution in [-0.2, 0) is 11.3 Å². The minimum Gasteiger partial charge on any atom is -0.345 e. The molecule has 0 aromatic carbocycles. The molecule has 0 saturated heterocycles. The van der Waals surface area contributed by atoms with Gasteiger partial charge in [-0.1, -0.05) is 6.92 Å². The highest BCUT2D eigenvalue weighted by molar-refractivity contribution is 5.76. The fourth-order valence-corrected chi connectivity index (χ4v) is 1.95. The highest BCUT2D eigenvalue weighted by atomic mass is 16.2. The summed E-state index contributed by atoms with van der Waals surface area (Å²) in [5.41, 5.74) is 7.05. The first-order valence-corrected chi connectivity index (χ1v) is 6.28. The zero-order chi connectivity index (χ0) is 12.4. The Bertz CT molecular complexity index is 395. The molecular formula is C13H21N3O. The third-order valence-corrected chi connectivity index (χ3v) is 3.45. The number of nitrogens with two attached hydrogens (primary N) is 1. The van der Waals surface area contributed by atoms with Gasteiger partial charge in [0.15, 0.2) is 0 Å². The van der Waals surface area contributed by atoms with Crippen LogP contribution in [0.5, 0.6) is 0 Å². The van der Waals surface area contributed by atoms with Crippen LogP contribution >= 0.6 is 0 Å². The first kappa shape index (κ1) is 12.2. The molecule has 1 unspecified atom stereocenters. The van der Waals surface area contributed by atoms with Gasteiger partial charge >= 0.3 is 0 Å². The second-order valence-corrected chi connectivity index (χ2v) is 4.87. The quantitative estimate of drug-likeness (QED) is 0.841. The molecule has 1 amide bonds. The maximum Gasteiger partial charge on any atom is 0.242 e. The van der Waals surface area contributed by atoms with Gasteiger partial charge in [-0.15, -0.1) is 0 Å². The first-order chi connectivity index (χ1) is 8.11. The molecule has 17 heavy (non-hydrogen) atoms. The number of hydrogen-bond acceptors (Lipinski definition) is 2. The standard InChI is InChI=1S/C13H21N3O/c1-3-12(14)10-6-7-16(8-10)9-13(17)15(2)11-4-5-11/h6-8,11-12H,3-5,9,14H2,1-2H3. The van der Waals surface area contributed by atoms with Crippen LogP contribution in [-0.4, -0.2) is 28.5 Å². The fourth-order valence-electron chi connectivity index (χ4n) is 1.95. The maximum atomic E-state index is 11.9. The number of carbonyl (C=O) groups excluding carboxylic acids is 1. The average molecular weight is 235 g/mol. The third kappa shape index (κ3) is 2.88. The van der Waals surface area contributed by atoms with Crippen molar-refractivity contribution in [3.05, 3.63) is 24.0 Å². The molecular weight excluding hydrogens is 214 g/mol. The molecule has 94 valence electrons. The van der Waals surface area contributed by atoms with Gasteiger partial charge < -0.3 is 15.2 Å². The lowest BCUT2D eigenvalue weighted by molar-refractivity contribution is -0.131. The summed E-state index contributed by atoms with van der Waals surface area (Å²) in [5, 5.41) is 0. The van der Waals surface area contributed by atoms with Crippen molar-refractivity contribution >= 4 is 5.91 Å². The van der Waals surface area contributed by atoms with E-state index < -0.39 is 0 Å². The van der Waals surface area contributed by atoms with E-state index in [1.54, 1.807) is 0 Å². The van der Waals surface area contributed by atoms with Crippen molar-refractivity contribution in [2.45, 2.75) is 44.8 Å². The molecule has 0 bridgehead atoms. The summed E-state index contributed by atoms with van der Waals surface area (Å²) in [6, 6.07) is 2.56. The average Bonchev–Trinajstić information content (AvgIpc) is 3.08. The van der Waals surface area contributed by atoms with Gasteiger partial charge in [-0.25, -0.2) is 0 Å².